The van der Waals surface area contributed by atoms with E-state index in [-0.39, 0.29) is 23.8 Å². The summed E-state index contributed by atoms with van der Waals surface area (Å²) in [6.45, 7) is 7.40. The second-order valence-corrected chi connectivity index (χ2v) is 8.89. The molecule has 1 unspecified atom stereocenters. The largest absolute Gasteiger partial charge is 0.492 e. The first-order valence-corrected chi connectivity index (χ1v) is 12.5. The van der Waals surface area contributed by atoms with Crippen LogP contribution in [0.4, 0.5) is 4.79 Å². The van der Waals surface area contributed by atoms with Gasteiger partial charge in [-0.25, -0.2) is 9.59 Å². The second kappa shape index (κ2) is 14.8. The summed E-state index contributed by atoms with van der Waals surface area (Å²) in [5.41, 5.74) is 0.831. The van der Waals surface area contributed by atoms with Gasteiger partial charge in [-0.1, -0.05) is 62.0 Å². The zero-order valence-corrected chi connectivity index (χ0v) is 21.8. The molecule has 7 nitrogen and oxygen atoms in total. The van der Waals surface area contributed by atoms with E-state index < -0.39 is 18.2 Å². The topological polar surface area (TPSA) is 85.3 Å². The van der Waals surface area contributed by atoms with Gasteiger partial charge in [0.05, 0.1) is 11.6 Å². The molecule has 1 amide bonds. The van der Waals surface area contributed by atoms with E-state index in [1.807, 2.05) is 12.1 Å². The minimum absolute atomic E-state index is 0.249. The van der Waals surface area contributed by atoms with Crippen molar-refractivity contribution >= 4 is 35.3 Å². The van der Waals surface area contributed by atoms with Crippen LogP contribution in [0.5, 0.6) is 11.5 Å². The number of nitrogens with zero attached hydrogens (tertiary/aromatic N) is 1. The fourth-order valence-corrected chi connectivity index (χ4v) is 3.91. The number of halogens is 2. The predicted octanol–water partition coefficient (Wildman–Crippen LogP) is 6.34. The van der Waals surface area contributed by atoms with Gasteiger partial charge in [0.2, 0.25) is 0 Å². The molecular weight excluding hydrogens is 493 g/mol. The molecule has 2 rings (SSSR count). The molecule has 0 fully saturated rings. The van der Waals surface area contributed by atoms with E-state index in [2.05, 4.69) is 13.8 Å². The van der Waals surface area contributed by atoms with E-state index in [4.69, 9.17) is 37.4 Å². The van der Waals surface area contributed by atoms with Crippen LogP contribution in [0.25, 0.3) is 0 Å². The molecule has 0 spiro atoms. The van der Waals surface area contributed by atoms with Crippen LogP contribution in [0, 0.1) is 5.92 Å². The number of ether oxygens (including phenoxy) is 3. The molecule has 0 radical (unpaired) electrons. The molecule has 0 aliphatic heterocycles. The molecule has 0 heterocycles. The van der Waals surface area contributed by atoms with E-state index in [0.29, 0.717) is 36.4 Å². The highest BCUT2D eigenvalue weighted by Crippen LogP contribution is 2.28. The highest BCUT2D eigenvalue weighted by molar-refractivity contribution is 6.35. The monoisotopic (exact) mass is 525 g/mol. The van der Waals surface area contributed by atoms with E-state index in [1.165, 1.54) is 6.07 Å². The zero-order chi connectivity index (χ0) is 25.8. The number of aliphatic carboxylic acids is 1. The van der Waals surface area contributed by atoms with Crippen molar-refractivity contribution in [1.82, 2.24) is 4.90 Å². The Bertz CT molecular complexity index is 949. The van der Waals surface area contributed by atoms with Crippen LogP contribution in [0.15, 0.2) is 42.5 Å². The normalized spacial score (nSPS) is 11.8. The number of benzene rings is 2. The lowest BCUT2D eigenvalue weighted by Crippen LogP contribution is -2.40. The highest BCUT2D eigenvalue weighted by atomic mass is 35.5. The molecule has 0 aliphatic carbocycles. The van der Waals surface area contributed by atoms with Gasteiger partial charge in [-0.15, -0.1) is 0 Å². The first-order valence-electron chi connectivity index (χ1n) is 11.7. The van der Waals surface area contributed by atoms with Gasteiger partial charge in [0.15, 0.2) is 11.9 Å². The Kier molecular flexibility index (Phi) is 12.2. The van der Waals surface area contributed by atoms with Crippen LogP contribution >= 0.6 is 23.2 Å². The molecule has 9 heteroatoms. The average molecular weight is 526 g/mol. The minimum Gasteiger partial charge on any atom is -0.492 e. The van der Waals surface area contributed by atoms with Crippen molar-refractivity contribution in [2.75, 3.05) is 26.3 Å². The van der Waals surface area contributed by atoms with Crippen LogP contribution in [-0.4, -0.2) is 54.5 Å². The van der Waals surface area contributed by atoms with Gasteiger partial charge in [-0.2, -0.15) is 0 Å². The number of carboxylic acid groups (broad SMARTS) is 1. The number of rotatable bonds is 14. The van der Waals surface area contributed by atoms with Gasteiger partial charge in [0, 0.05) is 24.6 Å². The summed E-state index contributed by atoms with van der Waals surface area (Å²) < 4.78 is 16.6. The Morgan fingerprint density at radius 1 is 1.03 bits per heavy atom. The molecule has 0 aromatic heterocycles. The maximum Gasteiger partial charge on any atom is 0.415 e. The first kappa shape index (κ1) is 28.8. The van der Waals surface area contributed by atoms with Crippen molar-refractivity contribution in [2.24, 2.45) is 5.92 Å². The molecule has 0 saturated heterocycles. The van der Waals surface area contributed by atoms with Crippen LogP contribution < -0.4 is 9.47 Å². The molecule has 0 bridgehead atoms. The quantitative estimate of drug-likeness (QED) is 0.309. The summed E-state index contributed by atoms with van der Waals surface area (Å²) >= 11 is 12.1. The maximum absolute atomic E-state index is 12.9. The smallest absolute Gasteiger partial charge is 0.415 e. The van der Waals surface area contributed by atoms with Crippen molar-refractivity contribution in [3.8, 4) is 11.5 Å². The molecular formula is C26H33Cl2NO6. The molecule has 0 saturated carbocycles. The molecule has 35 heavy (non-hydrogen) atoms. The Balaban J connectivity index is 1.98. The van der Waals surface area contributed by atoms with Gasteiger partial charge in [0.25, 0.3) is 0 Å². The summed E-state index contributed by atoms with van der Waals surface area (Å²) in [6.07, 6.45) is 0.750. The number of carbonyl (C=O) groups excluding carboxylic acids is 1. The van der Waals surface area contributed by atoms with Crippen molar-refractivity contribution in [1.29, 1.82) is 0 Å². The number of hydrogen-bond acceptors (Lipinski definition) is 5. The lowest BCUT2D eigenvalue weighted by atomic mass is 10.0. The summed E-state index contributed by atoms with van der Waals surface area (Å²) in [4.78, 5) is 25.8. The van der Waals surface area contributed by atoms with Gasteiger partial charge in [0.1, 0.15) is 12.4 Å². The first-order chi connectivity index (χ1) is 16.8. The summed E-state index contributed by atoms with van der Waals surface area (Å²) in [5, 5.41) is 9.97. The van der Waals surface area contributed by atoms with E-state index in [9.17, 15) is 14.7 Å². The lowest BCUT2D eigenvalue weighted by Gasteiger charge is -2.26. The fourth-order valence-electron chi connectivity index (χ4n) is 3.46. The van der Waals surface area contributed by atoms with Gasteiger partial charge in [-0.3, -0.25) is 0 Å². The van der Waals surface area contributed by atoms with Gasteiger partial charge in [-0.05, 0) is 48.7 Å². The predicted molar refractivity (Wildman–Crippen MR) is 137 cm³/mol. The van der Waals surface area contributed by atoms with E-state index >= 15 is 0 Å². The Hall–Kier alpha value is -2.48. The Morgan fingerprint density at radius 3 is 2.29 bits per heavy atom. The minimum atomic E-state index is -0.989. The third-order valence-electron chi connectivity index (χ3n) is 5.60. The lowest BCUT2D eigenvalue weighted by molar-refractivity contribution is -0.149. The number of amides is 1. The molecule has 2 aromatic carbocycles. The standard InChI is InChI=1S/C26H33Cl2NO6/c1-4-18(5-2)17-29(26(32)35-23-12-9-20(27)16-22(23)28)13-14-34-21-10-7-19(8-11-21)15-24(25(30)31)33-6-3/h7-12,16,18,24H,4-6,13-15,17H2,1-3H3,(H,30,31). The fraction of sp³-hybridized carbons (Fsp3) is 0.462. The molecule has 1 atom stereocenters. The van der Waals surface area contributed by atoms with Crippen LogP contribution in [0.2, 0.25) is 10.0 Å². The summed E-state index contributed by atoms with van der Waals surface area (Å²) in [5.74, 6) is 0.207. The van der Waals surface area contributed by atoms with Crippen LogP contribution in [-0.2, 0) is 16.0 Å². The summed E-state index contributed by atoms with van der Waals surface area (Å²) in [7, 11) is 0. The number of hydrogen-bond donors (Lipinski definition) is 1. The van der Waals surface area contributed by atoms with Crippen molar-refractivity contribution < 1.29 is 28.9 Å². The van der Waals surface area contributed by atoms with E-state index in [1.54, 1.807) is 36.1 Å². The Labute approximate surface area is 216 Å². The SMILES string of the molecule is CCOC(Cc1ccc(OCCN(CC(CC)CC)C(=O)Oc2ccc(Cl)cc2Cl)cc1)C(=O)O. The van der Waals surface area contributed by atoms with Crippen molar-refractivity contribution in [3.63, 3.8) is 0 Å². The molecule has 1 N–H and O–H groups in total. The third kappa shape index (κ3) is 9.59. The van der Waals surface area contributed by atoms with Gasteiger partial charge < -0.3 is 24.2 Å². The van der Waals surface area contributed by atoms with Gasteiger partial charge >= 0.3 is 12.1 Å². The molecule has 192 valence electrons. The van der Waals surface area contributed by atoms with Crippen molar-refractivity contribution in [3.05, 3.63) is 58.1 Å². The van der Waals surface area contributed by atoms with Crippen molar-refractivity contribution in [2.45, 2.75) is 46.1 Å². The third-order valence-corrected chi connectivity index (χ3v) is 6.13. The average Bonchev–Trinajstić information content (AvgIpc) is 2.83. The summed E-state index contributed by atoms with van der Waals surface area (Å²) in [6, 6.07) is 11.9. The van der Waals surface area contributed by atoms with E-state index in [0.717, 1.165) is 18.4 Å². The Morgan fingerprint density at radius 2 is 1.71 bits per heavy atom. The molecule has 0 aliphatic rings. The maximum atomic E-state index is 12.9. The molecule has 2 aromatic rings. The van der Waals surface area contributed by atoms with Crippen LogP contribution in [0.3, 0.4) is 0 Å². The van der Waals surface area contributed by atoms with Crippen LogP contribution in [0.1, 0.15) is 39.2 Å². The highest BCUT2D eigenvalue weighted by Gasteiger charge is 2.21. The number of carboxylic acids is 1. The zero-order valence-electron chi connectivity index (χ0n) is 20.3. The number of carbonyl (C=O) groups is 2. The second-order valence-electron chi connectivity index (χ2n) is 8.05.